The molecule has 1 N–H and O–H groups in total. The Kier molecular flexibility index (Phi) is 3.43. The number of carbonyl (C=O) groups is 1. The SMILES string of the molecule is C[S@@](=O)CCC(=O)O. The first-order chi connectivity index (χ1) is 3.63. The molecule has 1 atom stereocenters. The summed E-state index contributed by atoms with van der Waals surface area (Å²) in [4.78, 5) is 9.77. The third-order valence-electron chi connectivity index (χ3n) is 0.603. The standard InChI is InChI=1S/C4H8O3S/c1-8(7)3-2-4(5)6/h2-3H2,1H3,(H,5,6)/t8-/m1/s1. The molecule has 0 aliphatic carbocycles. The highest BCUT2D eigenvalue weighted by Crippen LogP contribution is 1.81. The van der Waals surface area contributed by atoms with Gasteiger partial charge in [-0.25, -0.2) is 0 Å². The largest absolute Gasteiger partial charge is 0.481 e. The molecular weight excluding hydrogens is 128 g/mol. The molecule has 0 rings (SSSR count). The van der Waals surface area contributed by atoms with Crippen molar-refractivity contribution >= 4 is 16.8 Å². The highest BCUT2D eigenvalue weighted by atomic mass is 32.2. The van der Waals surface area contributed by atoms with Crippen LogP contribution in [0.15, 0.2) is 0 Å². The van der Waals surface area contributed by atoms with E-state index in [0.29, 0.717) is 0 Å². The number of rotatable bonds is 3. The van der Waals surface area contributed by atoms with Crippen LogP contribution in [0.5, 0.6) is 0 Å². The molecule has 0 aliphatic heterocycles. The third-order valence-corrected chi connectivity index (χ3v) is 1.38. The Morgan fingerprint density at radius 3 is 2.38 bits per heavy atom. The second-order valence-electron chi connectivity index (χ2n) is 1.42. The predicted octanol–water partition coefficient (Wildman–Crippen LogP) is -0.160. The summed E-state index contributed by atoms with van der Waals surface area (Å²) in [5.74, 6) is -0.629. The van der Waals surface area contributed by atoms with E-state index in [4.69, 9.17) is 5.11 Å². The van der Waals surface area contributed by atoms with Crippen molar-refractivity contribution in [2.45, 2.75) is 6.42 Å². The summed E-state index contributed by atoms with van der Waals surface area (Å²) in [6, 6.07) is 0. The van der Waals surface area contributed by atoms with E-state index in [9.17, 15) is 9.00 Å². The molecule has 4 heteroatoms. The maximum atomic E-state index is 10.2. The van der Waals surface area contributed by atoms with Crippen molar-refractivity contribution in [2.75, 3.05) is 12.0 Å². The van der Waals surface area contributed by atoms with Gasteiger partial charge in [-0.05, 0) is 0 Å². The molecule has 0 aromatic rings. The molecule has 0 fully saturated rings. The van der Waals surface area contributed by atoms with E-state index >= 15 is 0 Å². The van der Waals surface area contributed by atoms with Gasteiger partial charge < -0.3 is 5.11 Å². The monoisotopic (exact) mass is 136 g/mol. The first kappa shape index (κ1) is 7.62. The van der Waals surface area contributed by atoms with Crippen molar-refractivity contribution in [1.29, 1.82) is 0 Å². The van der Waals surface area contributed by atoms with Gasteiger partial charge in [-0.1, -0.05) is 0 Å². The second-order valence-corrected chi connectivity index (χ2v) is 2.98. The van der Waals surface area contributed by atoms with E-state index in [0.717, 1.165) is 0 Å². The molecule has 0 unspecified atom stereocenters. The van der Waals surface area contributed by atoms with Gasteiger partial charge in [-0.15, -0.1) is 0 Å². The van der Waals surface area contributed by atoms with Crippen molar-refractivity contribution in [2.24, 2.45) is 0 Å². The fraction of sp³-hybridized carbons (Fsp3) is 0.750. The number of hydrogen-bond acceptors (Lipinski definition) is 2. The lowest BCUT2D eigenvalue weighted by Crippen LogP contribution is -2.02. The summed E-state index contributed by atoms with van der Waals surface area (Å²) in [5, 5.41) is 8.03. The number of hydrogen-bond donors (Lipinski definition) is 1. The molecule has 0 saturated heterocycles. The summed E-state index contributed by atoms with van der Waals surface area (Å²) in [6.07, 6.45) is 1.49. The molecule has 0 spiro atoms. The maximum Gasteiger partial charge on any atom is 0.304 e. The van der Waals surface area contributed by atoms with Crippen LogP contribution in [-0.4, -0.2) is 27.3 Å². The average molecular weight is 136 g/mol. The Hall–Kier alpha value is -0.380. The fourth-order valence-electron chi connectivity index (χ4n) is 0.231. The Bertz CT molecular complexity index is 95.9. The van der Waals surface area contributed by atoms with Crippen LogP contribution < -0.4 is 0 Å². The van der Waals surface area contributed by atoms with Crippen LogP contribution in [0.3, 0.4) is 0 Å². The normalized spacial score (nSPS) is 13.1. The predicted molar refractivity (Wildman–Crippen MR) is 31.2 cm³/mol. The van der Waals surface area contributed by atoms with Crippen LogP contribution in [0.4, 0.5) is 0 Å². The van der Waals surface area contributed by atoms with Gasteiger partial charge in [0, 0.05) is 22.8 Å². The van der Waals surface area contributed by atoms with Crippen molar-refractivity contribution in [3.8, 4) is 0 Å². The van der Waals surface area contributed by atoms with Gasteiger partial charge in [0.2, 0.25) is 0 Å². The quantitative estimate of drug-likeness (QED) is 0.586. The highest BCUT2D eigenvalue weighted by Gasteiger charge is 1.96. The summed E-state index contributed by atoms with van der Waals surface area (Å²) in [5.41, 5.74) is 0. The molecule has 0 saturated carbocycles. The van der Waals surface area contributed by atoms with Crippen LogP contribution in [0, 0.1) is 0 Å². The average Bonchev–Trinajstić information content (AvgIpc) is 1.61. The molecule has 0 bridgehead atoms. The molecule has 0 heterocycles. The summed E-state index contributed by atoms with van der Waals surface area (Å²) >= 11 is 0. The molecule has 0 radical (unpaired) electrons. The molecule has 0 aromatic carbocycles. The Balaban J connectivity index is 3.18. The lowest BCUT2D eigenvalue weighted by molar-refractivity contribution is -0.136. The van der Waals surface area contributed by atoms with Crippen molar-refractivity contribution < 1.29 is 14.1 Å². The highest BCUT2D eigenvalue weighted by molar-refractivity contribution is 7.84. The van der Waals surface area contributed by atoms with Crippen LogP contribution in [-0.2, 0) is 15.6 Å². The number of carboxylic acids is 1. The zero-order chi connectivity index (χ0) is 6.57. The first-order valence-corrected chi connectivity index (χ1v) is 3.87. The lowest BCUT2D eigenvalue weighted by atomic mass is 10.5. The zero-order valence-electron chi connectivity index (χ0n) is 4.59. The Labute approximate surface area is 50.2 Å². The molecular formula is C4H8O3S. The van der Waals surface area contributed by atoms with Crippen molar-refractivity contribution in [3.63, 3.8) is 0 Å². The molecule has 3 nitrogen and oxygen atoms in total. The van der Waals surface area contributed by atoms with Crippen LogP contribution in [0.2, 0.25) is 0 Å². The number of carboxylic acid groups (broad SMARTS) is 1. The van der Waals surface area contributed by atoms with Crippen LogP contribution >= 0.6 is 0 Å². The molecule has 0 aliphatic rings. The first-order valence-electron chi connectivity index (χ1n) is 2.14. The van der Waals surface area contributed by atoms with E-state index in [1.54, 1.807) is 0 Å². The molecule has 0 aromatic heterocycles. The maximum absolute atomic E-state index is 10.2. The van der Waals surface area contributed by atoms with Gasteiger partial charge in [-0.2, -0.15) is 0 Å². The van der Waals surface area contributed by atoms with Gasteiger partial charge in [0.05, 0.1) is 6.42 Å². The van der Waals surface area contributed by atoms with E-state index in [1.165, 1.54) is 6.26 Å². The van der Waals surface area contributed by atoms with Crippen LogP contribution in [0.25, 0.3) is 0 Å². The van der Waals surface area contributed by atoms with Gasteiger partial charge in [0.25, 0.3) is 0 Å². The van der Waals surface area contributed by atoms with Crippen molar-refractivity contribution in [1.82, 2.24) is 0 Å². The minimum Gasteiger partial charge on any atom is -0.481 e. The van der Waals surface area contributed by atoms with Gasteiger partial charge in [-0.3, -0.25) is 9.00 Å². The number of aliphatic carboxylic acids is 1. The minimum absolute atomic E-state index is 0.00309. The lowest BCUT2D eigenvalue weighted by Gasteiger charge is -1.87. The van der Waals surface area contributed by atoms with Gasteiger partial charge in [0.1, 0.15) is 0 Å². The summed E-state index contributed by atoms with van der Waals surface area (Å²) in [7, 11) is -0.967. The van der Waals surface area contributed by atoms with Crippen LogP contribution in [0.1, 0.15) is 6.42 Å². The smallest absolute Gasteiger partial charge is 0.304 e. The Morgan fingerprint density at radius 2 is 2.25 bits per heavy atom. The molecule has 0 amide bonds. The van der Waals surface area contributed by atoms with E-state index < -0.39 is 16.8 Å². The summed E-state index contributed by atoms with van der Waals surface area (Å²) in [6.45, 7) is 0. The zero-order valence-corrected chi connectivity index (χ0v) is 5.40. The molecule has 8 heavy (non-hydrogen) atoms. The second kappa shape index (κ2) is 3.60. The van der Waals surface area contributed by atoms with Gasteiger partial charge >= 0.3 is 5.97 Å². The fourth-order valence-corrected chi connectivity index (χ4v) is 0.693. The van der Waals surface area contributed by atoms with Crippen molar-refractivity contribution in [3.05, 3.63) is 0 Å². The Morgan fingerprint density at radius 1 is 1.75 bits per heavy atom. The topological polar surface area (TPSA) is 54.4 Å². The molecule has 48 valence electrons. The van der Waals surface area contributed by atoms with E-state index in [-0.39, 0.29) is 12.2 Å². The van der Waals surface area contributed by atoms with Gasteiger partial charge in [0.15, 0.2) is 0 Å². The third kappa shape index (κ3) is 5.62. The minimum atomic E-state index is -0.967. The summed E-state index contributed by atoms with van der Waals surface area (Å²) < 4.78 is 10.2. The van der Waals surface area contributed by atoms with E-state index in [1.807, 2.05) is 0 Å². The van der Waals surface area contributed by atoms with E-state index in [2.05, 4.69) is 0 Å².